The molecule has 1 aliphatic heterocycles. The zero-order chi connectivity index (χ0) is 16.0. The predicted molar refractivity (Wildman–Crippen MR) is 85.3 cm³/mol. The zero-order valence-electron chi connectivity index (χ0n) is 13.1. The molecule has 0 radical (unpaired) electrons. The fourth-order valence-corrected chi connectivity index (χ4v) is 3.62. The molecule has 4 rings (SSSR count). The Labute approximate surface area is 134 Å². The summed E-state index contributed by atoms with van der Waals surface area (Å²) in [4.78, 5) is 18.1. The topological polar surface area (TPSA) is 71.2 Å². The molecule has 2 atom stereocenters. The van der Waals surface area contributed by atoms with Crippen molar-refractivity contribution in [1.29, 1.82) is 0 Å². The maximum Gasteiger partial charge on any atom is 0.162 e. The molecule has 2 aliphatic rings. The van der Waals surface area contributed by atoms with Crippen molar-refractivity contribution in [2.45, 2.75) is 13.5 Å². The van der Waals surface area contributed by atoms with Gasteiger partial charge >= 0.3 is 0 Å². The lowest BCUT2D eigenvalue weighted by atomic mass is 10.2. The molecule has 0 amide bonds. The molecule has 6 nitrogen and oxygen atoms in total. The van der Waals surface area contributed by atoms with Gasteiger partial charge in [0, 0.05) is 32.1 Å². The molecule has 3 heterocycles. The summed E-state index contributed by atoms with van der Waals surface area (Å²) in [6.07, 6.45) is 5.23. The molecule has 0 bridgehead atoms. The lowest BCUT2D eigenvalue weighted by Crippen LogP contribution is -2.25. The molecule has 0 aromatic carbocycles. The highest BCUT2D eigenvalue weighted by atomic mass is 16.3. The molecule has 2 aromatic heterocycles. The van der Waals surface area contributed by atoms with Crippen molar-refractivity contribution in [3.63, 3.8) is 0 Å². The van der Waals surface area contributed by atoms with Crippen molar-refractivity contribution in [2.75, 3.05) is 24.6 Å². The standard InChI is InChI=1S/C17H20N4O2/c1-11(23)13-5-19-21(7-13)6-12-2-3-17(18-4-12)20-8-14-15(9-20)16(14)10-22/h2-5,7,14-16,22H,6,8-10H2,1H3. The quantitative estimate of drug-likeness (QED) is 0.840. The van der Waals surface area contributed by atoms with Gasteiger partial charge in [0.15, 0.2) is 5.78 Å². The molecule has 120 valence electrons. The highest BCUT2D eigenvalue weighted by Crippen LogP contribution is 2.51. The maximum atomic E-state index is 11.3. The Bertz CT molecular complexity index is 712. The fourth-order valence-electron chi connectivity index (χ4n) is 3.62. The normalized spacial score (nSPS) is 25.5. The summed E-state index contributed by atoms with van der Waals surface area (Å²) >= 11 is 0. The van der Waals surface area contributed by atoms with Crippen molar-refractivity contribution < 1.29 is 9.90 Å². The number of carbonyl (C=O) groups is 1. The molecule has 1 N–H and O–H groups in total. The second-order valence-corrected chi connectivity index (χ2v) is 6.59. The van der Waals surface area contributed by atoms with Crippen LogP contribution in [0.4, 0.5) is 5.82 Å². The zero-order valence-corrected chi connectivity index (χ0v) is 13.1. The molecule has 1 aliphatic carbocycles. The number of nitrogens with zero attached hydrogens (tertiary/aromatic N) is 4. The molecule has 2 unspecified atom stereocenters. The van der Waals surface area contributed by atoms with E-state index in [1.807, 2.05) is 12.3 Å². The summed E-state index contributed by atoms with van der Waals surface area (Å²) in [6, 6.07) is 4.11. The van der Waals surface area contributed by atoms with Crippen LogP contribution in [-0.4, -0.2) is 45.4 Å². The van der Waals surface area contributed by atoms with Gasteiger partial charge in [-0.1, -0.05) is 6.07 Å². The largest absolute Gasteiger partial charge is 0.396 e. The molecule has 23 heavy (non-hydrogen) atoms. The van der Waals surface area contributed by atoms with E-state index in [1.165, 1.54) is 0 Å². The summed E-state index contributed by atoms with van der Waals surface area (Å²) in [6.45, 7) is 4.48. The molecule has 2 aromatic rings. The minimum Gasteiger partial charge on any atom is -0.396 e. The number of pyridine rings is 1. The van der Waals surface area contributed by atoms with E-state index >= 15 is 0 Å². The van der Waals surface area contributed by atoms with Crippen molar-refractivity contribution in [3.05, 3.63) is 41.9 Å². The first kappa shape index (κ1) is 14.4. The third-order valence-electron chi connectivity index (χ3n) is 5.10. The maximum absolute atomic E-state index is 11.3. The number of hydrogen-bond acceptors (Lipinski definition) is 5. The smallest absolute Gasteiger partial charge is 0.162 e. The average molecular weight is 312 g/mol. The van der Waals surface area contributed by atoms with Crippen molar-refractivity contribution >= 4 is 11.6 Å². The number of aliphatic hydroxyl groups excluding tert-OH is 1. The fraction of sp³-hybridized carbons (Fsp3) is 0.471. The Balaban J connectivity index is 1.39. The van der Waals surface area contributed by atoms with Gasteiger partial charge in [-0.05, 0) is 36.3 Å². The van der Waals surface area contributed by atoms with Gasteiger partial charge in [-0.2, -0.15) is 5.10 Å². The summed E-state index contributed by atoms with van der Waals surface area (Å²) in [5.41, 5.74) is 1.69. The summed E-state index contributed by atoms with van der Waals surface area (Å²) in [5, 5.41) is 13.4. The van der Waals surface area contributed by atoms with Crippen LogP contribution in [0.2, 0.25) is 0 Å². The number of anilines is 1. The number of aromatic nitrogens is 3. The van der Waals surface area contributed by atoms with Crippen LogP contribution >= 0.6 is 0 Å². The van der Waals surface area contributed by atoms with Crippen molar-refractivity contribution in [2.24, 2.45) is 17.8 Å². The summed E-state index contributed by atoms with van der Waals surface area (Å²) in [5.74, 6) is 2.84. The number of fused-ring (bicyclic) bond motifs is 1. The van der Waals surface area contributed by atoms with E-state index in [0.717, 1.165) is 24.5 Å². The Morgan fingerprint density at radius 2 is 2.09 bits per heavy atom. The van der Waals surface area contributed by atoms with E-state index in [1.54, 1.807) is 24.0 Å². The Hall–Kier alpha value is -2.21. The highest BCUT2D eigenvalue weighted by Gasteiger charge is 2.55. The second kappa shape index (κ2) is 5.45. The van der Waals surface area contributed by atoms with Crippen LogP contribution in [0.15, 0.2) is 30.7 Å². The number of ketones is 1. The third kappa shape index (κ3) is 2.63. The van der Waals surface area contributed by atoms with Gasteiger partial charge < -0.3 is 10.0 Å². The van der Waals surface area contributed by atoms with E-state index < -0.39 is 0 Å². The van der Waals surface area contributed by atoms with Crippen LogP contribution < -0.4 is 4.90 Å². The molecule has 6 heteroatoms. The van der Waals surface area contributed by atoms with Crippen LogP contribution in [0.1, 0.15) is 22.8 Å². The predicted octanol–water partition coefficient (Wildman–Crippen LogP) is 1.20. The molecule has 0 spiro atoms. The van der Waals surface area contributed by atoms with Gasteiger partial charge in [0.25, 0.3) is 0 Å². The second-order valence-electron chi connectivity index (χ2n) is 6.59. The van der Waals surface area contributed by atoms with E-state index in [4.69, 9.17) is 0 Å². The van der Waals surface area contributed by atoms with Crippen LogP contribution in [0.5, 0.6) is 0 Å². The van der Waals surface area contributed by atoms with Crippen LogP contribution in [0.3, 0.4) is 0 Å². The van der Waals surface area contributed by atoms with Crippen LogP contribution in [0, 0.1) is 17.8 Å². The molecule has 2 fully saturated rings. The van der Waals surface area contributed by atoms with E-state index in [-0.39, 0.29) is 5.78 Å². The van der Waals surface area contributed by atoms with Crippen LogP contribution in [0.25, 0.3) is 0 Å². The lowest BCUT2D eigenvalue weighted by molar-refractivity contribution is 0.101. The number of Topliss-reactive ketones (excluding diaryl/α,β-unsaturated/α-hetero) is 1. The minimum atomic E-state index is 0.0264. The Morgan fingerprint density at radius 1 is 1.30 bits per heavy atom. The Morgan fingerprint density at radius 3 is 2.65 bits per heavy atom. The molecule has 1 saturated heterocycles. The first-order chi connectivity index (χ1) is 11.2. The van der Waals surface area contributed by atoms with E-state index in [9.17, 15) is 9.90 Å². The van der Waals surface area contributed by atoms with Crippen molar-refractivity contribution in [3.8, 4) is 0 Å². The van der Waals surface area contributed by atoms with Gasteiger partial charge in [-0.15, -0.1) is 0 Å². The minimum absolute atomic E-state index is 0.0264. The van der Waals surface area contributed by atoms with Gasteiger partial charge in [0.2, 0.25) is 0 Å². The number of rotatable bonds is 5. The van der Waals surface area contributed by atoms with Gasteiger partial charge in [-0.25, -0.2) is 4.98 Å². The molecular formula is C17H20N4O2. The van der Waals surface area contributed by atoms with Gasteiger partial charge in [-0.3, -0.25) is 9.48 Å². The number of piperidine rings is 1. The van der Waals surface area contributed by atoms with Crippen LogP contribution in [-0.2, 0) is 6.54 Å². The van der Waals surface area contributed by atoms with Crippen molar-refractivity contribution in [1.82, 2.24) is 14.8 Å². The van der Waals surface area contributed by atoms with E-state index in [0.29, 0.717) is 36.5 Å². The summed E-state index contributed by atoms with van der Waals surface area (Å²) < 4.78 is 1.75. The first-order valence-electron chi connectivity index (χ1n) is 8.00. The first-order valence-corrected chi connectivity index (χ1v) is 8.00. The average Bonchev–Trinajstić information content (AvgIpc) is 2.94. The SMILES string of the molecule is CC(=O)c1cnn(Cc2ccc(N3CC4C(CO)C4C3)nc2)c1. The van der Waals surface area contributed by atoms with Gasteiger partial charge in [0.05, 0.1) is 18.3 Å². The molecular weight excluding hydrogens is 292 g/mol. The summed E-state index contributed by atoms with van der Waals surface area (Å²) in [7, 11) is 0. The van der Waals surface area contributed by atoms with E-state index in [2.05, 4.69) is 21.0 Å². The number of hydrogen-bond donors (Lipinski definition) is 1. The molecule has 1 saturated carbocycles. The highest BCUT2D eigenvalue weighted by molar-refractivity contribution is 5.93. The Kier molecular flexibility index (Phi) is 3.41. The third-order valence-corrected chi connectivity index (χ3v) is 5.10. The number of carbonyl (C=O) groups excluding carboxylic acids is 1. The monoisotopic (exact) mass is 312 g/mol. The number of aliphatic hydroxyl groups is 1. The lowest BCUT2D eigenvalue weighted by Gasteiger charge is -2.20. The van der Waals surface area contributed by atoms with Gasteiger partial charge in [0.1, 0.15) is 5.82 Å².